The molecule has 2 heterocycles. The van der Waals surface area contributed by atoms with E-state index in [9.17, 15) is 0 Å². The molecule has 1 unspecified atom stereocenters. The molecule has 1 saturated heterocycles. The summed E-state index contributed by atoms with van der Waals surface area (Å²) in [6, 6.07) is 1.77. The number of anilines is 1. The van der Waals surface area contributed by atoms with Crippen molar-refractivity contribution < 1.29 is 4.74 Å². The summed E-state index contributed by atoms with van der Waals surface area (Å²) in [5.74, 6) is 0.599. The van der Waals surface area contributed by atoms with Crippen LogP contribution in [0.25, 0.3) is 0 Å². The minimum absolute atomic E-state index is 0.415. The van der Waals surface area contributed by atoms with Crippen LogP contribution in [-0.2, 0) is 4.74 Å². The number of halogens is 1. The van der Waals surface area contributed by atoms with Crippen LogP contribution in [0.4, 0.5) is 5.69 Å². The quantitative estimate of drug-likeness (QED) is 0.828. The number of nitrogens with zero attached hydrogens (tertiary/aromatic N) is 2. The van der Waals surface area contributed by atoms with Gasteiger partial charge in [0.2, 0.25) is 0 Å². The molecule has 4 nitrogen and oxygen atoms in total. The van der Waals surface area contributed by atoms with Crippen molar-refractivity contribution in [3.63, 3.8) is 0 Å². The molecule has 1 fully saturated rings. The highest BCUT2D eigenvalue weighted by atomic mass is 35.5. The third-order valence-corrected chi connectivity index (χ3v) is 2.43. The summed E-state index contributed by atoms with van der Waals surface area (Å²) >= 11 is 5.70. The predicted octanol–water partition coefficient (Wildman–Crippen LogP) is 1.58. The van der Waals surface area contributed by atoms with Gasteiger partial charge in [0, 0.05) is 25.1 Å². The second-order valence-electron chi connectivity index (χ2n) is 3.38. The van der Waals surface area contributed by atoms with E-state index in [1.165, 1.54) is 0 Å². The van der Waals surface area contributed by atoms with Gasteiger partial charge in [-0.25, -0.2) is 0 Å². The van der Waals surface area contributed by atoms with Crippen LogP contribution in [0.15, 0.2) is 12.3 Å². The summed E-state index contributed by atoms with van der Waals surface area (Å²) in [6.45, 7) is 2.63. The number of ether oxygens (including phenoxy) is 1. The summed E-state index contributed by atoms with van der Waals surface area (Å²) in [5, 5.41) is 11.1. The van der Waals surface area contributed by atoms with E-state index < -0.39 is 0 Å². The van der Waals surface area contributed by atoms with E-state index in [4.69, 9.17) is 16.3 Å². The van der Waals surface area contributed by atoms with Crippen molar-refractivity contribution in [2.45, 2.75) is 6.42 Å². The minimum atomic E-state index is 0.415. The molecule has 0 amide bonds. The van der Waals surface area contributed by atoms with Crippen LogP contribution in [0.1, 0.15) is 6.42 Å². The molecule has 0 bridgehead atoms. The Labute approximate surface area is 87.6 Å². The van der Waals surface area contributed by atoms with Gasteiger partial charge in [-0.05, 0) is 6.42 Å². The molecule has 1 aromatic rings. The minimum Gasteiger partial charge on any atom is -0.383 e. The van der Waals surface area contributed by atoms with E-state index in [1.807, 2.05) is 0 Å². The molecule has 0 radical (unpaired) electrons. The number of rotatable bonds is 3. The fourth-order valence-electron chi connectivity index (χ4n) is 1.44. The number of hydrogen-bond donors (Lipinski definition) is 1. The van der Waals surface area contributed by atoms with E-state index in [0.717, 1.165) is 31.9 Å². The average molecular weight is 214 g/mol. The molecular weight excluding hydrogens is 202 g/mol. The Balaban J connectivity index is 1.85. The molecule has 76 valence electrons. The first kappa shape index (κ1) is 9.68. The molecule has 0 saturated carbocycles. The number of nitrogens with one attached hydrogen (secondary N) is 1. The highest BCUT2D eigenvalue weighted by molar-refractivity contribution is 6.29. The van der Waals surface area contributed by atoms with Crippen LogP contribution in [-0.4, -0.2) is 30.0 Å². The molecule has 0 aliphatic carbocycles. The molecule has 5 heteroatoms. The molecule has 1 atom stereocenters. The van der Waals surface area contributed by atoms with Gasteiger partial charge in [0.05, 0.1) is 18.5 Å². The number of aromatic nitrogens is 2. The maximum Gasteiger partial charge on any atom is 0.153 e. The molecular formula is C9H12ClN3O. The third-order valence-electron chi connectivity index (χ3n) is 2.24. The molecule has 1 aliphatic heterocycles. The second kappa shape index (κ2) is 4.57. The summed E-state index contributed by atoms with van der Waals surface area (Å²) in [7, 11) is 0. The highest BCUT2D eigenvalue weighted by Gasteiger charge is 2.14. The van der Waals surface area contributed by atoms with Crippen LogP contribution in [0.3, 0.4) is 0 Å². The lowest BCUT2D eigenvalue weighted by Gasteiger charge is -2.09. The van der Waals surface area contributed by atoms with Crippen molar-refractivity contribution in [2.75, 3.05) is 25.1 Å². The summed E-state index contributed by atoms with van der Waals surface area (Å²) in [6.07, 6.45) is 2.79. The van der Waals surface area contributed by atoms with Gasteiger partial charge in [0.1, 0.15) is 0 Å². The summed E-state index contributed by atoms with van der Waals surface area (Å²) in [5.41, 5.74) is 0.914. The SMILES string of the molecule is Clc1cc(NCC2CCOC2)cnn1. The van der Waals surface area contributed by atoms with Crippen LogP contribution in [0.2, 0.25) is 5.15 Å². The Morgan fingerprint density at radius 2 is 2.57 bits per heavy atom. The zero-order chi connectivity index (χ0) is 9.80. The molecule has 2 rings (SSSR count). The normalized spacial score (nSPS) is 21.1. The van der Waals surface area contributed by atoms with Crippen LogP contribution < -0.4 is 5.32 Å². The Morgan fingerprint density at radius 3 is 3.29 bits per heavy atom. The molecule has 0 spiro atoms. The summed E-state index contributed by atoms with van der Waals surface area (Å²) in [4.78, 5) is 0. The Bertz CT molecular complexity index is 302. The van der Waals surface area contributed by atoms with Gasteiger partial charge in [-0.1, -0.05) is 11.6 Å². The van der Waals surface area contributed by atoms with E-state index in [-0.39, 0.29) is 0 Å². The highest BCUT2D eigenvalue weighted by Crippen LogP contribution is 2.15. The van der Waals surface area contributed by atoms with Crippen molar-refractivity contribution in [3.8, 4) is 0 Å². The molecule has 1 N–H and O–H groups in total. The van der Waals surface area contributed by atoms with Crippen molar-refractivity contribution in [1.82, 2.24) is 10.2 Å². The van der Waals surface area contributed by atoms with Crippen molar-refractivity contribution in [2.24, 2.45) is 5.92 Å². The smallest absolute Gasteiger partial charge is 0.153 e. The standard InChI is InChI=1S/C9H12ClN3O/c10-9-3-8(5-12-13-9)11-4-7-1-2-14-6-7/h3,5,7H,1-2,4,6H2,(H,11,13). The van der Waals surface area contributed by atoms with E-state index in [2.05, 4.69) is 15.5 Å². The third kappa shape index (κ3) is 2.56. The first-order chi connectivity index (χ1) is 6.84. The average Bonchev–Trinajstić information content (AvgIpc) is 2.67. The van der Waals surface area contributed by atoms with Gasteiger partial charge in [0.25, 0.3) is 0 Å². The first-order valence-corrected chi connectivity index (χ1v) is 5.02. The Hall–Kier alpha value is -0.870. The monoisotopic (exact) mass is 213 g/mol. The topological polar surface area (TPSA) is 47.0 Å². The van der Waals surface area contributed by atoms with E-state index >= 15 is 0 Å². The van der Waals surface area contributed by atoms with Gasteiger partial charge >= 0.3 is 0 Å². The maximum absolute atomic E-state index is 5.70. The van der Waals surface area contributed by atoms with E-state index in [1.54, 1.807) is 12.3 Å². The van der Waals surface area contributed by atoms with Crippen molar-refractivity contribution >= 4 is 17.3 Å². The lowest BCUT2D eigenvalue weighted by atomic mass is 10.1. The lowest BCUT2D eigenvalue weighted by Crippen LogP contribution is -2.14. The fraction of sp³-hybridized carbons (Fsp3) is 0.556. The maximum atomic E-state index is 5.70. The van der Waals surface area contributed by atoms with Gasteiger partial charge in [-0.15, -0.1) is 5.10 Å². The van der Waals surface area contributed by atoms with Gasteiger partial charge < -0.3 is 10.1 Å². The van der Waals surface area contributed by atoms with Crippen molar-refractivity contribution in [3.05, 3.63) is 17.4 Å². The predicted molar refractivity (Wildman–Crippen MR) is 54.5 cm³/mol. The van der Waals surface area contributed by atoms with Crippen LogP contribution >= 0.6 is 11.6 Å². The molecule has 14 heavy (non-hydrogen) atoms. The number of hydrogen-bond acceptors (Lipinski definition) is 4. The van der Waals surface area contributed by atoms with Gasteiger partial charge in [-0.3, -0.25) is 0 Å². The lowest BCUT2D eigenvalue weighted by molar-refractivity contribution is 0.187. The zero-order valence-electron chi connectivity index (χ0n) is 7.74. The van der Waals surface area contributed by atoms with Gasteiger partial charge in [0.15, 0.2) is 5.15 Å². The zero-order valence-corrected chi connectivity index (χ0v) is 8.50. The van der Waals surface area contributed by atoms with Crippen LogP contribution in [0, 0.1) is 5.92 Å². The molecule has 1 aliphatic rings. The second-order valence-corrected chi connectivity index (χ2v) is 3.76. The molecule has 0 aromatic carbocycles. The van der Waals surface area contributed by atoms with E-state index in [0.29, 0.717) is 11.1 Å². The summed E-state index contributed by atoms with van der Waals surface area (Å²) < 4.78 is 5.28. The fourth-order valence-corrected chi connectivity index (χ4v) is 1.61. The largest absolute Gasteiger partial charge is 0.383 e. The Kier molecular flexibility index (Phi) is 3.16. The van der Waals surface area contributed by atoms with Crippen LogP contribution in [0.5, 0.6) is 0 Å². The molecule has 1 aromatic heterocycles. The van der Waals surface area contributed by atoms with Crippen molar-refractivity contribution in [1.29, 1.82) is 0 Å². The first-order valence-electron chi connectivity index (χ1n) is 4.64. The Morgan fingerprint density at radius 1 is 1.64 bits per heavy atom. The van der Waals surface area contributed by atoms with Gasteiger partial charge in [-0.2, -0.15) is 5.10 Å².